The van der Waals surface area contributed by atoms with Crippen molar-refractivity contribution in [2.75, 3.05) is 26.4 Å². The molecule has 4 heterocycles. The normalized spacial score (nSPS) is 30.5. The molecular weight excluding hydrogens is 1270 g/mol. The van der Waals surface area contributed by atoms with E-state index in [0.717, 1.165) is 87.9 Å². The summed E-state index contributed by atoms with van der Waals surface area (Å²) in [5, 5.41) is 10.7. The lowest BCUT2D eigenvalue weighted by Gasteiger charge is -2.50. The van der Waals surface area contributed by atoms with Gasteiger partial charge in [0.25, 0.3) is 0 Å². The summed E-state index contributed by atoms with van der Waals surface area (Å²) in [5.74, 6) is -9.97. The molecule has 0 aliphatic carbocycles. The number of amides is 4. The first kappa shape index (κ1) is 75.1. The number of ether oxygens (including phenoxy) is 16. The Morgan fingerprint density at radius 1 is 0.362 bits per heavy atom. The summed E-state index contributed by atoms with van der Waals surface area (Å²) in [6.45, 7) is 10.4. The van der Waals surface area contributed by atoms with Gasteiger partial charge < -0.3 is 97.1 Å². The van der Waals surface area contributed by atoms with Gasteiger partial charge in [-0.25, -0.2) is 0 Å². The highest BCUT2D eigenvalue weighted by Crippen LogP contribution is 2.39. The molecule has 2 aromatic carbocycles. The van der Waals surface area contributed by atoms with E-state index in [9.17, 15) is 57.5 Å². The molecule has 2 aromatic rings. The van der Waals surface area contributed by atoms with Crippen LogP contribution in [0.4, 0.5) is 0 Å². The summed E-state index contributed by atoms with van der Waals surface area (Å²) >= 11 is 1.12. The van der Waals surface area contributed by atoms with Gasteiger partial charge in [0.2, 0.25) is 23.6 Å². The Hall–Kier alpha value is -7.89. The Morgan fingerprint density at radius 3 is 1.10 bits per heavy atom. The van der Waals surface area contributed by atoms with Crippen molar-refractivity contribution in [2.24, 2.45) is 0 Å². The number of carbonyl (C=O) groups excluding carboxylic acids is 12. The van der Waals surface area contributed by atoms with Gasteiger partial charge in [-0.15, -0.1) is 0 Å². The highest BCUT2D eigenvalue weighted by atomic mass is 32.2. The largest absolute Gasteiger partial charge is 0.463 e. The topological polar surface area (TPSA) is 401 Å². The van der Waals surface area contributed by atoms with Crippen LogP contribution in [0.2, 0.25) is 0 Å². The Labute approximate surface area is 544 Å². The smallest absolute Gasteiger partial charge is 0.303 e. The number of benzene rings is 2. The molecule has 0 unspecified atom stereocenters. The van der Waals surface area contributed by atoms with Crippen LogP contribution in [0, 0.1) is 0 Å². The molecule has 0 radical (unpaired) electrons. The molecule has 4 fully saturated rings. The van der Waals surface area contributed by atoms with Gasteiger partial charge in [0.05, 0.1) is 26.4 Å². The number of hydrogen-bond acceptors (Lipinski definition) is 29. The maximum absolute atomic E-state index is 13.4. The van der Waals surface area contributed by atoms with Gasteiger partial charge in [-0.3, -0.25) is 57.5 Å². The van der Waals surface area contributed by atoms with Gasteiger partial charge in [-0.05, 0) is 17.7 Å². The van der Waals surface area contributed by atoms with Crippen molar-refractivity contribution in [2.45, 2.75) is 216 Å². The predicted molar refractivity (Wildman–Crippen MR) is 316 cm³/mol. The number of hydrogen-bond donors (Lipinski definition) is 4. The molecule has 4 N–H and O–H groups in total. The molecule has 4 saturated heterocycles. The average Bonchev–Trinajstić information content (AvgIpc) is 0.797. The minimum absolute atomic E-state index is 0.0709. The van der Waals surface area contributed by atoms with Crippen molar-refractivity contribution in [3.05, 3.63) is 66.2 Å². The number of rotatable bonds is 27. The monoisotopic (exact) mass is 1350 g/mol. The standard InChI is InChI=1S/C61H80N4O28S/c1-28(66)62-46-54(85-36(9)74)51(83-34(7)72)44(90-59(46)81-27-45-52(84-35(8)73)57(88-39(12)77)49(65-31(4)69)61(92-45)94-41-21-17-14-18-22-41)26-80-58-47(63-29(2)67)55(86-37(10)75)53(42(89-58)24-78-23-40-19-15-13-16-20-40)93-60-48(64-30(3)68)56(87-38(11)76)50(82-33(6)71)43(91-60)25-79-32(5)70/h13-22,42-61H,23-27H2,1-12H3,(H,62,66)(H,63,67)(H,64,68)(H,65,69)/t42-,43-,44-,45-,46-,47-,48-,49-,50-,51-,52-,53-,54-,55-,56-,57-,58-,59-,60+,61+/m1/s1. The Kier molecular flexibility index (Phi) is 28.4. The zero-order valence-electron chi connectivity index (χ0n) is 53.7. The van der Waals surface area contributed by atoms with E-state index in [4.69, 9.17) is 75.8 Å². The van der Waals surface area contributed by atoms with E-state index in [0.29, 0.717) is 10.5 Å². The third-order valence-electron chi connectivity index (χ3n) is 14.2. The van der Waals surface area contributed by atoms with Gasteiger partial charge >= 0.3 is 47.8 Å². The maximum Gasteiger partial charge on any atom is 0.303 e. The fourth-order valence-corrected chi connectivity index (χ4v) is 12.1. The molecule has 94 heavy (non-hydrogen) atoms. The van der Waals surface area contributed by atoms with E-state index >= 15 is 0 Å². The summed E-state index contributed by atoms with van der Waals surface area (Å²) in [5.41, 5.74) is -0.413. The lowest BCUT2D eigenvalue weighted by atomic mass is 9.93. The van der Waals surface area contributed by atoms with Crippen LogP contribution >= 0.6 is 11.8 Å². The summed E-state index contributed by atoms with van der Waals surface area (Å²) in [7, 11) is 0. The quantitative estimate of drug-likeness (QED) is 0.0695. The van der Waals surface area contributed by atoms with E-state index in [2.05, 4.69) is 21.3 Å². The van der Waals surface area contributed by atoms with Crippen LogP contribution in [0.15, 0.2) is 65.6 Å². The van der Waals surface area contributed by atoms with Crippen molar-refractivity contribution in [1.29, 1.82) is 0 Å². The second-order valence-corrected chi connectivity index (χ2v) is 23.3. The molecule has 6 rings (SSSR count). The number of nitrogens with one attached hydrogen (secondary N) is 4. The lowest BCUT2D eigenvalue weighted by Crippen LogP contribution is -2.71. The first-order valence-electron chi connectivity index (χ1n) is 29.7. The molecule has 4 amide bonds. The van der Waals surface area contributed by atoms with Crippen molar-refractivity contribution in [3.8, 4) is 0 Å². The first-order chi connectivity index (χ1) is 44.5. The number of thioether (sulfide) groups is 1. The first-order valence-corrected chi connectivity index (χ1v) is 30.6. The van der Waals surface area contributed by atoms with Gasteiger partial charge in [0, 0.05) is 88.0 Å². The second-order valence-electron chi connectivity index (χ2n) is 22.1. The van der Waals surface area contributed by atoms with Crippen LogP contribution in [-0.4, -0.2) is 220 Å². The van der Waals surface area contributed by atoms with Crippen LogP contribution in [0.1, 0.15) is 88.6 Å². The highest BCUT2D eigenvalue weighted by molar-refractivity contribution is 7.99. The second kappa shape index (κ2) is 35.6. The van der Waals surface area contributed by atoms with Crippen molar-refractivity contribution < 1.29 is 133 Å². The van der Waals surface area contributed by atoms with Crippen molar-refractivity contribution >= 4 is 83.1 Å². The molecule has 20 atom stereocenters. The molecule has 32 nitrogen and oxygen atoms in total. The minimum atomic E-state index is -1.82. The van der Waals surface area contributed by atoms with E-state index in [1.54, 1.807) is 60.7 Å². The van der Waals surface area contributed by atoms with Gasteiger partial charge in [-0.2, -0.15) is 0 Å². The minimum Gasteiger partial charge on any atom is -0.463 e. The van der Waals surface area contributed by atoms with Crippen molar-refractivity contribution in [3.63, 3.8) is 0 Å². The van der Waals surface area contributed by atoms with Crippen LogP contribution in [-0.2, 0) is 140 Å². The van der Waals surface area contributed by atoms with Crippen molar-refractivity contribution in [1.82, 2.24) is 21.3 Å². The predicted octanol–water partition coefficient (Wildman–Crippen LogP) is 0.417. The van der Waals surface area contributed by atoms with Crippen LogP contribution in [0.5, 0.6) is 0 Å². The van der Waals surface area contributed by atoms with Gasteiger partial charge in [0.1, 0.15) is 66.7 Å². The van der Waals surface area contributed by atoms with E-state index < -0.39 is 220 Å². The fraction of sp³-hybridized carbons (Fsp3) is 0.607. The van der Waals surface area contributed by atoms with E-state index in [-0.39, 0.29) is 6.61 Å². The summed E-state index contributed by atoms with van der Waals surface area (Å²) in [6.07, 6.45) is -24.3. The molecule has 518 valence electrons. The summed E-state index contributed by atoms with van der Waals surface area (Å²) in [4.78, 5) is 156. The Bertz CT molecular complexity index is 2980. The number of esters is 8. The van der Waals surface area contributed by atoms with Crippen LogP contribution in [0.25, 0.3) is 0 Å². The molecular formula is C61H80N4O28S. The SMILES string of the molecule is CC(=O)N[C@@H]1[C@@H](OC(C)=O)[C@H](OC(C)=O)[C@@H](CO[C@@H]2O[C@H](CO[C@@H]3O[C@H](COCc4ccccc4)[C@@H](O[C@@H]4O[C@H](COC(C)=O)[C@@H](OC(C)=O)[C@H](OC(C)=O)[C@H]4NC(C)=O)[C@H](OC(C)=O)[C@H]3NC(C)=O)[C@@H](OC(C)=O)[C@H](OC(C)=O)[C@H]2NC(C)=O)O[C@H]1Sc1ccccc1. The van der Waals surface area contributed by atoms with Gasteiger partial charge in [0.15, 0.2) is 61.6 Å². The zero-order valence-corrected chi connectivity index (χ0v) is 54.5. The molecule has 0 spiro atoms. The van der Waals surface area contributed by atoms with E-state index in [1.807, 2.05) is 0 Å². The third kappa shape index (κ3) is 22.4. The fourth-order valence-electron chi connectivity index (χ4n) is 10.9. The van der Waals surface area contributed by atoms with Crippen LogP contribution < -0.4 is 21.3 Å². The Balaban J connectivity index is 1.44. The lowest BCUT2D eigenvalue weighted by molar-refractivity contribution is -0.341. The summed E-state index contributed by atoms with van der Waals surface area (Å²) in [6, 6.07) is 11.6. The third-order valence-corrected chi connectivity index (χ3v) is 15.3. The molecule has 33 heteroatoms. The molecule has 0 bridgehead atoms. The van der Waals surface area contributed by atoms with Gasteiger partial charge in [-0.1, -0.05) is 60.3 Å². The molecule has 4 aliphatic rings. The molecule has 0 aromatic heterocycles. The van der Waals surface area contributed by atoms with Crippen LogP contribution in [0.3, 0.4) is 0 Å². The molecule has 0 saturated carbocycles. The maximum atomic E-state index is 13.4. The zero-order chi connectivity index (χ0) is 69.1. The summed E-state index contributed by atoms with van der Waals surface area (Å²) < 4.78 is 97.9. The van der Waals surface area contributed by atoms with E-state index in [1.165, 1.54) is 6.92 Å². The number of carbonyl (C=O) groups is 12. The molecule has 4 aliphatic heterocycles. The average molecular weight is 1350 g/mol. The Morgan fingerprint density at radius 2 is 0.691 bits per heavy atom. The highest BCUT2D eigenvalue weighted by Gasteiger charge is 2.58.